The summed E-state index contributed by atoms with van der Waals surface area (Å²) in [6, 6.07) is 13.7. The molecule has 2 aromatic carbocycles. The van der Waals surface area contributed by atoms with Gasteiger partial charge in [0.2, 0.25) is 5.91 Å². The second kappa shape index (κ2) is 8.35. The first-order valence-electron chi connectivity index (χ1n) is 8.88. The van der Waals surface area contributed by atoms with Crippen LogP contribution in [0.1, 0.15) is 18.4 Å². The second-order valence-electron chi connectivity index (χ2n) is 6.60. The average molecular weight is 400 g/mol. The quantitative estimate of drug-likeness (QED) is 0.422. The first kappa shape index (κ1) is 19.8. The first-order chi connectivity index (χ1) is 13.4. The number of carbonyl (C=O) groups is 1. The van der Waals surface area contributed by atoms with Crippen LogP contribution in [-0.2, 0) is 14.6 Å². The van der Waals surface area contributed by atoms with Crippen molar-refractivity contribution in [2.75, 3.05) is 12.3 Å². The summed E-state index contributed by atoms with van der Waals surface area (Å²) in [6.45, 7) is 0.512. The van der Waals surface area contributed by atoms with E-state index in [9.17, 15) is 23.3 Å². The van der Waals surface area contributed by atoms with Gasteiger partial charge in [0.25, 0.3) is 5.69 Å². The predicted molar refractivity (Wildman–Crippen MR) is 105 cm³/mol. The molecular weight excluding hydrogens is 380 g/mol. The lowest BCUT2D eigenvalue weighted by Gasteiger charge is -2.23. The number of hydrogen-bond donors (Lipinski definition) is 0. The molecule has 1 saturated heterocycles. The smallest absolute Gasteiger partial charge is 0.269 e. The molecule has 0 spiro atoms. The molecule has 0 radical (unpaired) electrons. The number of benzene rings is 2. The lowest BCUT2D eigenvalue weighted by atomic mass is 10.2. The van der Waals surface area contributed by atoms with Gasteiger partial charge in [0.1, 0.15) is 0 Å². The Balaban J connectivity index is 1.68. The van der Waals surface area contributed by atoms with Crippen molar-refractivity contribution in [3.8, 4) is 0 Å². The number of likely N-dealkylation sites (tertiary alicyclic amines) is 1. The lowest BCUT2D eigenvalue weighted by molar-refractivity contribution is -0.384. The van der Waals surface area contributed by atoms with Gasteiger partial charge in [-0.25, -0.2) is 8.42 Å². The molecule has 146 valence electrons. The first-order valence-corrected chi connectivity index (χ1v) is 10.5. The van der Waals surface area contributed by atoms with Crippen LogP contribution in [-0.4, -0.2) is 42.5 Å². The van der Waals surface area contributed by atoms with Crippen LogP contribution >= 0.6 is 0 Å². The maximum absolute atomic E-state index is 12.6. The number of carbonyl (C=O) groups excluding carboxylic acids is 1. The molecule has 0 aliphatic carbocycles. The predicted octanol–water partition coefficient (Wildman–Crippen LogP) is 3.07. The maximum atomic E-state index is 12.6. The van der Waals surface area contributed by atoms with Gasteiger partial charge in [0.05, 0.1) is 15.6 Å². The van der Waals surface area contributed by atoms with Gasteiger partial charge in [0, 0.05) is 30.8 Å². The van der Waals surface area contributed by atoms with Crippen molar-refractivity contribution in [3.63, 3.8) is 0 Å². The van der Waals surface area contributed by atoms with Gasteiger partial charge >= 0.3 is 0 Å². The fourth-order valence-electron chi connectivity index (χ4n) is 3.25. The van der Waals surface area contributed by atoms with Gasteiger partial charge in [-0.1, -0.05) is 18.2 Å². The van der Waals surface area contributed by atoms with Crippen molar-refractivity contribution in [2.24, 2.45) is 0 Å². The Hall–Kier alpha value is -3.00. The largest absolute Gasteiger partial charge is 0.335 e. The fraction of sp³-hybridized carbons (Fsp3) is 0.250. The monoisotopic (exact) mass is 400 g/mol. The molecule has 8 heteroatoms. The number of nitro groups is 1. The van der Waals surface area contributed by atoms with E-state index < -0.39 is 14.8 Å². The van der Waals surface area contributed by atoms with E-state index in [4.69, 9.17) is 0 Å². The molecule has 1 amide bonds. The number of nitro benzene ring substituents is 1. The normalized spacial score (nSPS) is 17.1. The summed E-state index contributed by atoms with van der Waals surface area (Å²) >= 11 is 0. The van der Waals surface area contributed by atoms with Crippen LogP contribution in [0.3, 0.4) is 0 Å². The van der Waals surface area contributed by atoms with Crippen molar-refractivity contribution in [1.29, 1.82) is 0 Å². The number of hydrogen-bond acceptors (Lipinski definition) is 5. The highest BCUT2D eigenvalue weighted by Crippen LogP contribution is 2.23. The van der Waals surface area contributed by atoms with E-state index in [2.05, 4.69) is 0 Å². The summed E-state index contributed by atoms with van der Waals surface area (Å²) in [5.74, 6) is -0.363. The summed E-state index contributed by atoms with van der Waals surface area (Å²) < 4.78 is 25.2. The fourth-order valence-corrected chi connectivity index (χ4v) is 4.86. The van der Waals surface area contributed by atoms with E-state index in [-0.39, 0.29) is 28.3 Å². The van der Waals surface area contributed by atoms with E-state index >= 15 is 0 Å². The van der Waals surface area contributed by atoms with Crippen molar-refractivity contribution in [2.45, 2.75) is 23.8 Å². The van der Waals surface area contributed by atoms with Gasteiger partial charge in [-0.15, -0.1) is 0 Å². The summed E-state index contributed by atoms with van der Waals surface area (Å²) in [5, 5.41) is 10.7. The van der Waals surface area contributed by atoms with Crippen LogP contribution in [0.2, 0.25) is 0 Å². The molecule has 1 aliphatic rings. The minimum absolute atomic E-state index is 0.0193. The Morgan fingerprint density at radius 2 is 1.82 bits per heavy atom. The van der Waals surface area contributed by atoms with Crippen molar-refractivity contribution < 1.29 is 18.1 Å². The molecule has 0 N–H and O–H groups in total. The molecule has 1 aliphatic heterocycles. The Labute approximate surface area is 163 Å². The van der Waals surface area contributed by atoms with Crippen LogP contribution in [0.25, 0.3) is 6.08 Å². The van der Waals surface area contributed by atoms with Crippen LogP contribution < -0.4 is 0 Å². The standard InChI is InChI=1S/C20H20N2O5S/c23-20(13-10-16-8-11-17(12-9-16)22(24)25)21-14-4-5-18(21)15-28(26,27)19-6-2-1-3-7-19/h1-3,6-13,18H,4-5,14-15H2/b13-10+. The Morgan fingerprint density at radius 1 is 1.14 bits per heavy atom. The molecule has 1 atom stereocenters. The van der Waals surface area contributed by atoms with Crippen LogP contribution in [0, 0.1) is 10.1 Å². The van der Waals surface area contributed by atoms with E-state index in [0.717, 1.165) is 6.42 Å². The van der Waals surface area contributed by atoms with Gasteiger partial charge in [-0.05, 0) is 48.7 Å². The average Bonchev–Trinajstić information content (AvgIpc) is 3.14. The van der Waals surface area contributed by atoms with Crippen LogP contribution in [0.4, 0.5) is 5.69 Å². The molecular formula is C20H20N2O5S. The van der Waals surface area contributed by atoms with E-state index in [1.165, 1.54) is 18.2 Å². The number of sulfone groups is 1. The number of rotatable bonds is 6. The van der Waals surface area contributed by atoms with Crippen molar-refractivity contribution in [3.05, 3.63) is 76.4 Å². The molecule has 2 aromatic rings. The third-order valence-electron chi connectivity index (χ3n) is 4.70. The molecule has 7 nitrogen and oxygen atoms in total. The minimum atomic E-state index is -3.47. The Kier molecular flexibility index (Phi) is 5.89. The van der Waals surface area contributed by atoms with E-state index in [1.807, 2.05) is 0 Å². The van der Waals surface area contributed by atoms with Gasteiger partial charge in [-0.2, -0.15) is 0 Å². The molecule has 0 saturated carbocycles. The summed E-state index contributed by atoms with van der Waals surface area (Å²) in [7, 11) is -3.47. The Bertz CT molecular complexity index is 985. The topological polar surface area (TPSA) is 97.6 Å². The third kappa shape index (κ3) is 4.64. The number of non-ortho nitro benzene ring substituents is 1. The summed E-state index contributed by atoms with van der Waals surface area (Å²) in [5.41, 5.74) is 0.640. The zero-order chi connectivity index (χ0) is 20.1. The molecule has 3 rings (SSSR count). The second-order valence-corrected chi connectivity index (χ2v) is 8.64. The maximum Gasteiger partial charge on any atom is 0.269 e. The van der Waals surface area contributed by atoms with Crippen molar-refractivity contribution in [1.82, 2.24) is 4.90 Å². The molecule has 0 bridgehead atoms. The lowest BCUT2D eigenvalue weighted by Crippen LogP contribution is -2.38. The van der Waals surface area contributed by atoms with Gasteiger partial charge in [0.15, 0.2) is 9.84 Å². The summed E-state index contributed by atoms with van der Waals surface area (Å²) in [6.07, 6.45) is 4.36. The van der Waals surface area contributed by atoms with E-state index in [0.29, 0.717) is 18.5 Å². The highest BCUT2D eigenvalue weighted by molar-refractivity contribution is 7.91. The highest BCUT2D eigenvalue weighted by Gasteiger charge is 2.32. The minimum Gasteiger partial charge on any atom is -0.335 e. The zero-order valence-corrected chi connectivity index (χ0v) is 15.9. The van der Waals surface area contributed by atoms with Crippen LogP contribution in [0.5, 0.6) is 0 Å². The molecule has 1 unspecified atom stereocenters. The number of nitrogens with zero attached hydrogens (tertiary/aromatic N) is 2. The van der Waals surface area contributed by atoms with Gasteiger partial charge in [-0.3, -0.25) is 14.9 Å². The summed E-state index contributed by atoms with van der Waals surface area (Å²) in [4.78, 5) is 24.6. The zero-order valence-electron chi connectivity index (χ0n) is 15.1. The molecule has 0 aromatic heterocycles. The highest BCUT2D eigenvalue weighted by atomic mass is 32.2. The van der Waals surface area contributed by atoms with Crippen LogP contribution in [0.15, 0.2) is 65.6 Å². The molecule has 1 heterocycles. The van der Waals surface area contributed by atoms with E-state index in [1.54, 1.807) is 53.4 Å². The third-order valence-corrected chi connectivity index (χ3v) is 6.51. The SMILES string of the molecule is O=C(/C=C/c1ccc([N+](=O)[O-])cc1)N1CCCC1CS(=O)(=O)c1ccccc1. The molecule has 28 heavy (non-hydrogen) atoms. The van der Waals surface area contributed by atoms with Gasteiger partial charge < -0.3 is 4.90 Å². The van der Waals surface area contributed by atoms with Crippen molar-refractivity contribution >= 4 is 27.5 Å². The Morgan fingerprint density at radius 3 is 2.46 bits per heavy atom. The number of amides is 1. The molecule has 1 fully saturated rings.